The van der Waals surface area contributed by atoms with Crippen LogP contribution in [0.25, 0.3) is 21.8 Å². The highest BCUT2D eigenvalue weighted by atomic mass is 15.1. The highest BCUT2D eigenvalue weighted by molar-refractivity contribution is 5.85. The predicted octanol–water partition coefficient (Wildman–Crippen LogP) is 7.25. The number of aromatic nitrogens is 2. The molecule has 0 bridgehead atoms. The minimum absolute atomic E-state index is 0.989. The summed E-state index contributed by atoms with van der Waals surface area (Å²) in [6.45, 7) is 21.6. The van der Waals surface area contributed by atoms with Crippen LogP contribution in [0.1, 0.15) is 69.6 Å². The fraction of sp³-hybridized carbons (Fsp3) is 0.467. The molecule has 2 aromatic carbocycles. The molecule has 6 rings (SSSR count). The van der Waals surface area contributed by atoms with Gasteiger partial charge >= 0.3 is 0 Å². The Hall–Kier alpha value is -2.56. The van der Waals surface area contributed by atoms with Crippen molar-refractivity contribution in [1.29, 1.82) is 0 Å². The molecule has 0 fully saturated rings. The van der Waals surface area contributed by atoms with Gasteiger partial charge in [0.25, 0.3) is 0 Å². The number of hydrogen-bond acceptors (Lipinski definition) is 2. The van der Waals surface area contributed by atoms with Gasteiger partial charge in [-0.25, -0.2) is 0 Å². The highest BCUT2D eigenvalue weighted by Crippen LogP contribution is 2.25. The molecule has 34 heavy (non-hydrogen) atoms. The molecule has 2 aliphatic heterocycles. The summed E-state index contributed by atoms with van der Waals surface area (Å²) in [5.74, 6) is 0. The molecule has 0 atom stereocenters. The standard InChI is InChI=1S/2C12H14N2.3C2H6/c1-9-2-3-12-10(6-9)7-11-8-13-4-5-14(11)12;1-8-2-3-11-10(6-8)9-4-5-13-7-12(9)14-11;3*1-2/h2-3,6-7,13H,4-5,8H2,1H3;2-3,6,13-14H,4-5,7H2,1H3;3*1-2H3. The van der Waals surface area contributed by atoms with E-state index >= 15 is 0 Å². The number of H-pyrrole nitrogens is 1. The maximum Gasteiger partial charge on any atom is 0.0483 e. The van der Waals surface area contributed by atoms with Gasteiger partial charge < -0.3 is 20.2 Å². The van der Waals surface area contributed by atoms with Gasteiger partial charge in [-0.1, -0.05) is 64.8 Å². The third kappa shape index (κ3) is 6.31. The largest absolute Gasteiger partial charge is 0.357 e. The molecule has 4 heteroatoms. The summed E-state index contributed by atoms with van der Waals surface area (Å²) in [5, 5.41) is 9.58. The minimum atomic E-state index is 0.989. The van der Waals surface area contributed by atoms with E-state index in [0.29, 0.717) is 0 Å². The van der Waals surface area contributed by atoms with E-state index in [1.807, 2.05) is 41.5 Å². The summed E-state index contributed by atoms with van der Waals surface area (Å²) >= 11 is 0. The van der Waals surface area contributed by atoms with Gasteiger partial charge in [-0.2, -0.15) is 0 Å². The van der Waals surface area contributed by atoms with Crippen molar-refractivity contribution in [2.45, 2.75) is 81.4 Å². The molecule has 0 saturated carbocycles. The minimum Gasteiger partial charge on any atom is -0.357 e. The van der Waals surface area contributed by atoms with Crippen molar-refractivity contribution in [2.75, 3.05) is 13.1 Å². The molecule has 2 aliphatic rings. The number of nitrogens with one attached hydrogen (secondary N) is 3. The zero-order valence-corrected chi connectivity index (χ0v) is 22.7. The van der Waals surface area contributed by atoms with Crippen molar-refractivity contribution >= 4 is 21.8 Å². The Morgan fingerprint density at radius 3 is 2.18 bits per heavy atom. The Morgan fingerprint density at radius 2 is 1.41 bits per heavy atom. The zero-order valence-electron chi connectivity index (χ0n) is 22.7. The summed E-state index contributed by atoms with van der Waals surface area (Å²) in [6.07, 6.45) is 1.15. The Labute approximate surface area is 207 Å². The van der Waals surface area contributed by atoms with Crippen LogP contribution < -0.4 is 10.6 Å². The second kappa shape index (κ2) is 14.0. The molecule has 0 saturated heterocycles. The van der Waals surface area contributed by atoms with Crippen LogP contribution in [-0.2, 0) is 26.1 Å². The fourth-order valence-electron chi connectivity index (χ4n) is 4.55. The van der Waals surface area contributed by atoms with Gasteiger partial charge in [0, 0.05) is 59.4 Å². The van der Waals surface area contributed by atoms with Gasteiger partial charge in [-0.05, 0) is 62.7 Å². The second-order valence-electron chi connectivity index (χ2n) is 8.08. The second-order valence-corrected chi connectivity index (χ2v) is 8.08. The van der Waals surface area contributed by atoms with E-state index in [4.69, 9.17) is 0 Å². The van der Waals surface area contributed by atoms with Gasteiger partial charge in [0.2, 0.25) is 0 Å². The van der Waals surface area contributed by atoms with Crippen LogP contribution in [0.2, 0.25) is 0 Å². The molecule has 0 spiro atoms. The number of benzene rings is 2. The Kier molecular flexibility index (Phi) is 11.4. The zero-order chi connectivity index (χ0) is 25.1. The van der Waals surface area contributed by atoms with E-state index in [9.17, 15) is 0 Å². The smallest absolute Gasteiger partial charge is 0.0483 e. The molecule has 2 aromatic heterocycles. The molecule has 0 aliphatic carbocycles. The van der Waals surface area contributed by atoms with Crippen molar-refractivity contribution in [3.8, 4) is 0 Å². The monoisotopic (exact) mass is 462 g/mol. The first kappa shape index (κ1) is 27.7. The summed E-state index contributed by atoms with van der Waals surface area (Å²) in [7, 11) is 0. The van der Waals surface area contributed by atoms with Crippen LogP contribution in [0.4, 0.5) is 0 Å². The number of aryl methyl sites for hydroxylation is 2. The lowest BCUT2D eigenvalue weighted by molar-refractivity contribution is 0.527. The van der Waals surface area contributed by atoms with Gasteiger partial charge in [-0.15, -0.1) is 0 Å². The topological polar surface area (TPSA) is 44.8 Å². The fourth-order valence-corrected chi connectivity index (χ4v) is 4.55. The van der Waals surface area contributed by atoms with Crippen LogP contribution in [0.3, 0.4) is 0 Å². The van der Waals surface area contributed by atoms with Crippen molar-refractivity contribution in [2.24, 2.45) is 0 Å². The predicted molar refractivity (Wildman–Crippen MR) is 151 cm³/mol. The first-order chi connectivity index (χ1) is 16.7. The maximum atomic E-state index is 3.48. The van der Waals surface area contributed by atoms with Gasteiger partial charge in [-0.3, -0.25) is 0 Å². The van der Waals surface area contributed by atoms with Crippen molar-refractivity contribution in [1.82, 2.24) is 20.2 Å². The van der Waals surface area contributed by atoms with Crippen LogP contribution in [-0.4, -0.2) is 22.6 Å². The number of nitrogens with zero attached hydrogens (tertiary/aromatic N) is 1. The van der Waals surface area contributed by atoms with E-state index in [0.717, 1.165) is 39.1 Å². The third-order valence-electron chi connectivity index (χ3n) is 5.96. The Balaban J connectivity index is 0.000000198. The third-order valence-corrected chi connectivity index (χ3v) is 5.96. The maximum absolute atomic E-state index is 3.48. The quantitative estimate of drug-likeness (QED) is 0.258. The molecule has 4 nitrogen and oxygen atoms in total. The first-order valence-electron chi connectivity index (χ1n) is 13.3. The van der Waals surface area contributed by atoms with Crippen LogP contribution in [0.15, 0.2) is 42.5 Å². The van der Waals surface area contributed by atoms with Crippen LogP contribution in [0.5, 0.6) is 0 Å². The summed E-state index contributed by atoms with van der Waals surface area (Å²) in [4.78, 5) is 3.48. The number of hydrogen-bond donors (Lipinski definition) is 3. The van der Waals surface area contributed by atoms with Crippen LogP contribution in [0, 0.1) is 13.8 Å². The van der Waals surface area contributed by atoms with Crippen molar-refractivity contribution < 1.29 is 0 Å². The van der Waals surface area contributed by atoms with E-state index in [-0.39, 0.29) is 0 Å². The molecule has 0 unspecified atom stereocenters. The van der Waals surface area contributed by atoms with Gasteiger partial charge in [0.15, 0.2) is 0 Å². The number of rotatable bonds is 0. The lowest BCUT2D eigenvalue weighted by Gasteiger charge is -2.16. The molecule has 0 radical (unpaired) electrons. The van der Waals surface area contributed by atoms with E-state index in [1.165, 1.54) is 49.9 Å². The summed E-state index contributed by atoms with van der Waals surface area (Å²) in [6, 6.07) is 15.6. The average molecular weight is 463 g/mol. The molecule has 186 valence electrons. The van der Waals surface area contributed by atoms with E-state index in [2.05, 4.69) is 76.5 Å². The molecular weight excluding hydrogens is 416 g/mol. The van der Waals surface area contributed by atoms with E-state index in [1.54, 1.807) is 0 Å². The molecule has 0 amide bonds. The Bertz CT molecular complexity index is 1150. The molecule has 4 aromatic rings. The molecule has 3 N–H and O–H groups in total. The van der Waals surface area contributed by atoms with Gasteiger partial charge in [0.05, 0.1) is 0 Å². The SMILES string of the molecule is CC.CC.CC.Cc1ccc2[nH]c3c(c2c1)CCNC3.Cc1ccc2c(c1)cc1n2CCNC1. The molecular formula is C30H46N4. The van der Waals surface area contributed by atoms with Gasteiger partial charge in [0.1, 0.15) is 0 Å². The van der Waals surface area contributed by atoms with Crippen molar-refractivity contribution in [3.63, 3.8) is 0 Å². The lowest BCUT2D eigenvalue weighted by Crippen LogP contribution is -2.27. The average Bonchev–Trinajstić information content (AvgIpc) is 3.45. The first-order valence-corrected chi connectivity index (χ1v) is 13.3. The normalized spacial score (nSPS) is 13.5. The van der Waals surface area contributed by atoms with E-state index < -0.39 is 0 Å². The lowest BCUT2D eigenvalue weighted by atomic mass is 10.0. The highest BCUT2D eigenvalue weighted by Gasteiger charge is 2.14. The Morgan fingerprint density at radius 1 is 0.735 bits per heavy atom. The number of aromatic amines is 1. The number of fused-ring (bicyclic) bond motifs is 6. The molecule has 4 heterocycles. The summed E-state index contributed by atoms with van der Waals surface area (Å²) < 4.78 is 2.42. The van der Waals surface area contributed by atoms with Crippen LogP contribution >= 0.6 is 0 Å². The summed E-state index contributed by atoms with van der Waals surface area (Å²) in [5.41, 5.74) is 9.65. The van der Waals surface area contributed by atoms with Crippen molar-refractivity contribution in [3.05, 3.63) is 70.5 Å².